The van der Waals surface area contributed by atoms with Crippen molar-refractivity contribution in [1.29, 1.82) is 0 Å². The molecule has 0 amide bonds. The topological polar surface area (TPSA) is 96.3 Å². The highest BCUT2D eigenvalue weighted by molar-refractivity contribution is 7.81. The van der Waals surface area contributed by atoms with Gasteiger partial charge < -0.3 is 18.6 Å². The Morgan fingerprint density at radius 3 is 2.18 bits per heavy atom. The third-order valence-corrected chi connectivity index (χ3v) is 14.3. The zero-order valence-corrected chi connectivity index (χ0v) is 27.1. The first kappa shape index (κ1) is 31.9. The molecule has 220 valence electrons. The number of hydrogen-bond donors (Lipinski definition) is 2. The van der Waals surface area contributed by atoms with Crippen molar-refractivity contribution in [2.45, 2.75) is 104 Å². The molecule has 1 saturated carbocycles. The SMILES string of the molecule is CC12CCc3c(cc(O[Si](C)(C)C(C)(C)C)c4cc(OS(=O)(=O)O)ccc34)C1CC[C@@H]2O.CCN(CC)CC. The van der Waals surface area contributed by atoms with E-state index in [0.29, 0.717) is 0 Å². The average molecular weight is 580 g/mol. The summed E-state index contributed by atoms with van der Waals surface area (Å²) in [6.07, 6.45) is 3.20. The first-order valence-corrected chi connectivity index (χ1v) is 18.6. The molecule has 2 unspecified atom stereocenters. The van der Waals surface area contributed by atoms with Gasteiger partial charge in [-0.3, -0.25) is 4.55 Å². The van der Waals surface area contributed by atoms with Crippen LogP contribution in [-0.2, 0) is 16.8 Å². The summed E-state index contributed by atoms with van der Waals surface area (Å²) in [6.45, 7) is 23.2. The van der Waals surface area contributed by atoms with Gasteiger partial charge in [0.2, 0.25) is 0 Å². The maximum atomic E-state index is 11.3. The van der Waals surface area contributed by atoms with Crippen molar-refractivity contribution in [2.24, 2.45) is 5.41 Å². The van der Waals surface area contributed by atoms with E-state index in [1.54, 1.807) is 12.1 Å². The van der Waals surface area contributed by atoms with Crippen LogP contribution in [0.5, 0.6) is 11.5 Å². The lowest BCUT2D eigenvalue weighted by molar-refractivity contribution is 0.0458. The molecule has 2 aliphatic carbocycles. The third-order valence-electron chi connectivity index (χ3n) is 9.51. The number of aryl methyl sites for hydroxylation is 1. The highest BCUT2D eigenvalue weighted by atomic mass is 32.3. The Kier molecular flexibility index (Phi) is 9.55. The van der Waals surface area contributed by atoms with Gasteiger partial charge in [0, 0.05) is 10.8 Å². The Morgan fingerprint density at radius 1 is 1.05 bits per heavy atom. The van der Waals surface area contributed by atoms with Gasteiger partial charge in [-0.25, -0.2) is 0 Å². The minimum atomic E-state index is -4.62. The van der Waals surface area contributed by atoms with Crippen LogP contribution in [0.25, 0.3) is 10.8 Å². The van der Waals surface area contributed by atoms with Crippen LogP contribution in [0.15, 0.2) is 24.3 Å². The Labute approximate surface area is 237 Å². The van der Waals surface area contributed by atoms with Gasteiger partial charge in [0.05, 0.1) is 6.10 Å². The number of fused-ring (bicyclic) bond motifs is 5. The van der Waals surface area contributed by atoms with Gasteiger partial charge in [-0.2, -0.15) is 8.42 Å². The van der Waals surface area contributed by atoms with Crippen molar-refractivity contribution < 1.29 is 26.7 Å². The first-order chi connectivity index (χ1) is 18.0. The normalized spacial score (nSPS) is 23.2. The van der Waals surface area contributed by atoms with Crippen LogP contribution in [0.2, 0.25) is 18.1 Å². The van der Waals surface area contributed by atoms with E-state index in [-0.39, 0.29) is 28.2 Å². The molecule has 2 aromatic carbocycles. The summed E-state index contributed by atoms with van der Waals surface area (Å²) < 4.78 is 43.2. The molecule has 39 heavy (non-hydrogen) atoms. The molecule has 2 aliphatic rings. The van der Waals surface area contributed by atoms with E-state index in [4.69, 9.17) is 13.2 Å². The van der Waals surface area contributed by atoms with Gasteiger partial charge in [-0.05, 0) is 104 Å². The number of hydrogen-bond acceptors (Lipinski definition) is 6. The molecule has 0 saturated heterocycles. The van der Waals surface area contributed by atoms with Crippen LogP contribution in [0, 0.1) is 5.41 Å². The van der Waals surface area contributed by atoms with Crippen LogP contribution in [0.3, 0.4) is 0 Å². The number of benzene rings is 2. The minimum absolute atomic E-state index is 0.0180. The van der Waals surface area contributed by atoms with E-state index >= 15 is 0 Å². The first-order valence-electron chi connectivity index (χ1n) is 14.3. The standard InChI is InChI=1S/C24H34O6SSi.C6H15N/c1-23(2,3)32(5,6)30-21-14-18-17(11-12-24(4)20(18)9-10-22(24)25)16-8-7-15(13-19(16)21)29-31(26,27)28;1-4-7(5-2)6-3/h7-8,13-14,20,22,25H,9-12H2,1-6H3,(H,26,27,28);4-6H2,1-3H3/t20?,22-,24?;/m0./s1. The molecule has 2 aromatic rings. The highest BCUT2D eigenvalue weighted by Crippen LogP contribution is 2.57. The van der Waals surface area contributed by atoms with Gasteiger partial charge in [0.15, 0.2) is 0 Å². The monoisotopic (exact) mass is 579 g/mol. The largest absolute Gasteiger partial charge is 0.543 e. The van der Waals surface area contributed by atoms with Crippen LogP contribution in [0.4, 0.5) is 0 Å². The van der Waals surface area contributed by atoms with Gasteiger partial charge >= 0.3 is 10.4 Å². The second kappa shape index (κ2) is 11.7. The lowest BCUT2D eigenvalue weighted by Crippen LogP contribution is -2.44. The van der Waals surface area contributed by atoms with Crippen LogP contribution in [0.1, 0.15) is 84.8 Å². The van der Waals surface area contributed by atoms with Crippen molar-refractivity contribution in [1.82, 2.24) is 4.90 Å². The van der Waals surface area contributed by atoms with Crippen molar-refractivity contribution in [3.05, 3.63) is 35.4 Å². The van der Waals surface area contributed by atoms with Crippen molar-refractivity contribution in [3.63, 3.8) is 0 Å². The predicted molar refractivity (Wildman–Crippen MR) is 162 cm³/mol. The van der Waals surface area contributed by atoms with Crippen LogP contribution >= 0.6 is 0 Å². The summed E-state index contributed by atoms with van der Waals surface area (Å²) in [6, 6.07) is 7.20. The minimum Gasteiger partial charge on any atom is -0.543 e. The quantitative estimate of drug-likeness (QED) is 0.271. The fraction of sp³-hybridized carbons (Fsp3) is 0.667. The molecule has 0 spiro atoms. The molecule has 0 aromatic heterocycles. The molecule has 0 bridgehead atoms. The van der Waals surface area contributed by atoms with Gasteiger partial charge in [0.1, 0.15) is 11.5 Å². The molecule has 0 heterocycles. The average Bonchev–Trinajstić information content (AvgIpc) is 3.13. The van der Waals surface area contributed by atoms with Crippen molar-refractivity contribution >= 4 is 29.5 Å². The van der Waals surface area contributed by atoms with Gasteiger partial charge in [0.25, 0.3) is 8.32 Å². The summed E-state index contributed by atoms with van der Waals surface area (Å²) in [5.41, 5.74) is 2.33. The third kappa shape index (κ3) is 6.81. The molecule has 0 aliphatic heterocycles. The molecule has 3 atom stereocenters. The van der Waals surface area contributed by atoms with E-state index in [1.807, 2.05) is 6.07 Å². The zero-order valence-electron chi connectivity index (χ0n) is 25.3. The van der Waals surface area contributed by atoms with Gasteiger partial charge in [-0.15, -0.1) is 0 Å². The van der Waals surface area contributed by atoms with Crippen molar-refractivity contribution in [3.8, 4) is 11.5 Å². The van der Waals surface area contributed by atoms with E-state index in [2.05, 4.69) is 72.5 Å². The van der Waals surface area contributed by atoms with Crippen LogP contribution in [-0.4, -0.2) is 57.0 Å². The fourth-order valence-electron chi connectivity index (χ4n) is 5.86. The Balaban J connectivity index is 0.000000532. The lowest BCUT2D eigenvalue weighted by Gasteiger charge is -2.41. The second-order valence-electron chi connectivity index (χ2n) is 12.8. The lowest BCUT2D eigenvalue weighted by atomic mass is 9.65. The predicted octanol–water partition coefficient (Wildman–Crippen LogP) is 6.94. The van der Waals surface area contributed by atoms with E-state index in [0.717, 1.165) is 42.2 Å². The molecule has 4 rings (SSSR count). The Hall–Kier alpha value is -1.65. The smallest absolute Gasteiger partial charge is 0.446 e. The summed E-state index contributed by atoms with van der Waals surface area (Å²) in [5.74, 6) is 1.04. The molecule has 7 nitrogen and oxygen atoms in total. The maximum Gasteiger partial charge on any atom is 0.446 e. The fourth-order valence-corrected chi connectivity index (χ4v) is 7.23. The summed E-state index contributed by atoms with van der Waals surface area (Å²) in [5, 5.41) is 12.5. The number of rotatable bonds is 7. The highest BCUT2D eigenvalue weighted by Gasteiger charge is 2.49. The molecule has 9 heteroatoms. The summed E-state index contributed by atoms with van der Waals surface area (Å²) >= 11 is 0. The molecule has 1 fully saturated rings. The van der Waals surface area contributed by atoms with Crippen molar-refractivity contribution in [2.75, 3.05) is 19.6 Å². The van der Waals surface area contributed by atoms with Crippen LogP contribution < -0.4 is 8.61 Å². The molecule has 0 radical (unpaired) electrons. The number of nitrogens with zero attached hydrogens (tertiary/aromatic N) is 1. The summed E-state index contributed by atoms with van der Waals surface area (Å²) in [4.78, 5) is 2.38. The molecule has 2 N–H and O–H groups in total. The van der Waals surface area contributed by atoms with Gasteiger partial charge in [-0.1, -0.05) is 54.5 Å². The Bertz CT molecular complexity index is 1260. The molecular formula is C30H49NO6SSi. The number of aliphatic hydroxyl groups excluding tert-OH is 1. The second-order valence-corrected chi connectivity index (χ2v) is 18.5. The summed E-state index contributed by atoms with van der Waals surface area (Å²) in [7, 11) is -6.82. The number of aliphatic hydroxyl groups is 1. The Morgan fingerprint density at radius 2 is 1.67 bits per heavy atom. The maximum absolute atomic E-state index is 11.3. The van der Waals surface area contributed by atoms with E-state index < -0.39 is 18.7 Å². The van der Waals surface area contributed by atoms with E-state index in [1.165, 1.54) is 30.8 Å². The van der Waals surface area contributed by atoms with E-state index in [9.17, 15) is 13.5 Å². The zero-order chi connectivity index (χ0) is 29.4. The molecular weight excluding hydrogens is 530 g/mol.